The topological polar surface area (TPSA) is 13.1 Å². The number of benzene rings is 11. The van der Waals surface area contributed by atoms with Crippen LogP contribution in [0, 0.1) is 0 Å². The van der Waals surface area contributed by atoms with Gasteiger partial charge in [0.1, 0.15) is 11.3 Å². The average molecular weight is 801 g/mol. The Bertz CT molecular complexity index is 3570. The molecule has 0 unspecified atom stereocenters. The van der Waals surface area contributed by atoms with Crippen LogP contribution >= 0.6 is 0 Å². The molecule has 0 saturated carbocycles. The van der Waals surface area contributed by atoms with Crippen molar-refractivity contribution in [3.63, 3.8) is 0 Å². The van der Waals surface area contributed by atoms with E-state index >= 15 is 0 Å². The highest BCUT2D eigenvalue weighted by atomic mass is 16.3. The van der Waals surface area contributed by atoms with E-state index < -0.39 is 0 Å². The maximum Gasteiger partial charge on any atom is 0.144 e. The van der Waals surface area contributed by atoms with Gasteiger partial charge >= 0.3 is 0 Å². The van der Waals surface area contributed by atoms with Gasteiger partial charge in [0.15, 0.2) is 0 Å². The molecule has 12 aromatic rings. The van der Waals surface area contributed by atoms with Gasteiger partial charge in [-0.1, -0.05) is 237 Å². The van der Waals surface area contributed by atoms with Crippen LogP contribution in [-0.4, -0.2) is 0 Å². The molecule has 0 saturated heterocycles. The molecule has 63 heavy (non-hydrogen) atoms. The summed E-state index contributed by atoms with van der Waals surface area (Å²) in [6.07, 6.45) is 0. The van der Waals surface area contributed by atoms with Crippen molar-refractivity contribution >= 4 is 43.3 Å². The van der Waals surface area contributed by atoms with Crippen LogP contribution in [0.2, 0.25) is 0 Å². The summed E-state index contributed by atoms with van der Waals surface area (Å²) in [6.45, 7) is 0. The Kier molecular flexibility index (Phi) is 8.90. The molecule has 1 heteroatoms. The molecule has 0 radical (unpaired) electrons. The molecule has 1 heterocycles. The zero-order valence-corrected chi connectivity index (χ0v) is 34.5. The van der Waals surface area contributed by atoms with Gasteiger partial charge in [0.05, 0.1) is 0 Å². The van der Waals surface area contributed by atoms with E-state index in [1.165, 1.54) is 60.3 Å². The van der Waals surface area contributed by atoms with E-state index in [0.29, 0.717) is 0 Å². The number of fused-ring (bicyclic) bond motifs is 5. The van der Waals surface area contributed by atoms with Gasteiger partial charge in [-0.2, -0.15) is 0 Å². The van der Waals surface area contributed by atoms with Crippen molar-refractivity contribution in [1.29, 1.82) is 0 Å². The molecule has 1 nitrogen and oxygen atoms in total. The third kappa shape index (κ3) is 6.17. The number of hydrogen-bond donors (Lipinski definition) is 0. The normalized spacial score (nSPS) is 11.5. The van der Waals surface area contributed by atoms with Gasteiger partial charge in [-0.3, -0.25) is 0 Å². The van der Waals surface area contributed by atoms with Gasteiger partial charge in [0.25, 0.3) is 0 Å². The number of hydrogen-bond acceptors (Lipinski definition) is 1. The maximum atomic E-state index is 7.40. The molecule has 0 N–H and O–H groups in total. The van der Waals surface area contributed by atoms with Crippen LogP contribution in [0.15, 0.2) is 247 Å². The molecule has 0 fully saturated rings. The van der Waals surface area contributed by atoms with Crippen molar-refractivity contribution in [1.82, 2.24) is 0 Å². The molecule has 0 aliphatic carbocycles. The van der Waals surface area contributed by atoms with Crippen LogP contribution in [0.4, 0.5) is 0 Å². The van der Waals surface area contributed by atoms with Gasteiger partial charge in [-0.25, -0.2) is 0 Å². The Morgan fingerprint density at radius 2 is 0.540 bits per heavy atom. The van der Waals surface area contributed by atoms with E-state index in [2.05, 4.69) is 243 Å². The summed E-state index contributed by atoms with van der Waals surface area (Å²) in [6, 6.07) is 87.6. The minimum atomic E-state index is 0.864. The average Bonchev–Trinajstić information content (AvgIpc) is 3.77. The van der Waals surface area contributed by atoms with Gasteiger partial charge in [-0.05, 0) is 88.5 Å². The molecule has 0 amide bonds. The Balaban J connectivity index is 1.16. The Morgan fingerprint density at radius 3 is 1.06 bits per heavy atom. The summed E-state index contributed by atoms with van der Waals surface area (Å²) in [4.78, 5) is 0. The summed E-state index contributed by atoms with van der Waals surface area (Å²) in [7, 11) is 0. The predicted octanol–water partition coefficient (Wildman–Crippen LogP) is 17.6. The fourth-order valence-electron chi connectivity index (χ4n) is 9.93. The van der Waals surface area contributed by atoms with E-state index in [0.717, 1.165) is 61.1 Å². The quantitative estimate of drug-likeness (QED) is 0.146. The summed E-state index contributed by atoms with van der Waals surface area (Å²) in [5, 5.41) is 8.40. The standard InChI is InChI=1S/C62H40O/c1-5-20-41(21-6-1)42-36-38-45(39-37-42)59-60-54-35-18-17-34-53(54)57(58(44-24-9-3-10-25-44)62(60)63-61(59)46-26-11-4-12-27-46)48-29-19-28-47(40-48)56-51-32-15-13-30-49(51)55(43-22-7-2-8-23-43)50-31-14-16-33-52(50)56/h1-40H. The van der Waals surface area contributed by atoms with Crippen molar-refractivity contribution in [2.24, 2.45) is 0 Å². The van der Waals surface area contributed by atoms with E-state index in [-0.39, 0.29) is 0 Å². The lowest BCUT2D eigenvalue weighted by molar-refractivity contribution is 0.634. The zero-order valence-electron chi connectivity index (χ0n) is 34.5. The Hall–Kier alpha value is -8.26. The minimum Gasteiger partial charge on any atom is -0.455 e. The van der Waals surface area contributed by atoms with E-state index in [4.69, 9.17) is 4.42 Å². The lowest BCUT2D eigenvalue weighted by Gasteiger charge is -2.19. The molecule has 0 bridgehead atoms. The van der Waals surface area contributed by atoms with Crippen molar-refractivity contribution in [2.75, 3.05) is 0 Å². The lowest BCUT2D eigenvalue weighted by atomic mass is 9.83. The first-order valence-corrected chi connectivity index (χ1v) is 21.7. The Labute approximate surface area is 366 Å². The summed E-state index contributed by atoms with van der Waals surface area (Å²) >= 11 is 0. The number of rotatable bonds is 7. The molecular formula is C62H40O. The second kappa shape index (κ2) is 15.3. The molecule has 0 atom stereocenters. The lowest BCUT2D eigenvalue weighted by Crippen LogP contribution is -1.93. The second-order valence-corrected chi connectivity index (χ2v) is 16.3. The van der Waals surface area contributed by atoms with E-state index in [9.17, 15) is 0 Å². The van der Waals surface area contributed by atoms with Crippen LogP contribution in [0.1, 0.15) is 0 Å². The first kappa shape index (κ1) is 36.6. The number of furan rings is 1. The van der Waals surface area contributed by atoms with Gasteiger partial charge < -0.3 is 4.42 Å². The fourth-order valence-corrected chi connectivity index (χ4v) is 9.93. The largest absolute Gasteiger partial charge is 0.455 e. The molecule has 11 aromatic carbocycles. The van der Waals surface area contributed by atoms with E-state index in [1.54, 1.807) is 0 Å². The molecule has 0 spiro atoms. The highest BCUT2D eigenvalue weighted by molar-refractivity contribution is 6.26. The fraction of sp³-hybridized carbons (Fsp3) is 0. The van der Waals surface area contributed by atoms with Gasteiger partial charge in [0, 0.05) is 27.6 Å². The van der Waals surface area contributed by atoms with E-state index in [1.807, 2.05) is 0 Å². The van der Waals surface area contributed by atoms with Crippen molar-refractivity contribution in [3.05, 3.63) is 243 Å². The smallest absolute Gasteiger partial charge is 0.144 e. The van der Waals surface area contributed by atoms with Crippen LogP contribution in [0.5, 0.6) is 0 Å². The summed E-state index contributed by atoms with van der Waals surface area (Å²) < 4.78 is 7.40. The SMILES string of the molecule is c1ccc(-c2ccc(-c3c(-c4ccccc4)oc4c(-c5ccccc5)c(-c5cccc(-c6c7ccccc7c(-c7ccccc7)c7ccccc67)c5)c5ccccc5c34)cc2)cc1. The molecule has 12 rings (SSSR count). The Morgan fingerprint density at radius 1 is 0.206 bits per heavy atom. The summed E-state index contributed by atoms with van der Waals surface area (Å²) in [5.74, 6) is 0.864. The molecule has 1 aromatic heterocycles. The summed E-state index contributed by atoms with van der Waals surface area (Å²) in [5.41, 5.74) is 15.9. The van der Waals surface area contributed by atoms with Crippen LogP contribution in [-0.2, 0) is 0 Å². The zero-order chi connectivity index (χ0) is 41.7. The van der Waals surface area contributed by atoms with Crippen LogP contribution in [0.25, 0.3) is 121 Å². The third-order valence-electron chi connectivity index (χ3n) is 12.7. The highest BCUT2D eigenvalue weighted by Gasteiger charge is 2.27. The highest BCUT2D eigenvalue weighted by Crippen LogP contribution is 2.52. The minimum absolute atomic E-state index is 0.864. The van der Waals surface area contributed by atoms with Crippen LogP contribution < -0.4 is 0 Å². The molecule has 294 valence electrons. The maximum absolute atomic E-state index is 7.40. The van der Waals surface area contributed by atoms with Crippen molar-refractivity contribution < 1.29 is 4.42 Å². The third-order valence-corrected chi connectivity index (χ3v) is 12.7. The van der Waals surface area contributed by atoms with Crippen molar-refractivity contribution in [3.8, 4) is 78.1 Å². The van der Waals surface area contributed by atoms with Crippen molar-refractivity contribution in [2.45, 2.75) is 0 Å². The monoisotopic (exact) mass is 800 g/mol. The van der Waals surface area contributed by atoms with Gasteiger partial charge in [0.2, 0.25) is 0 Å². The van der Waals surface area contributed by atoms with Crippen LogP contribution in [0.3, 0.4) is 0 Å². The predicted molar refractivity (Wildman–Crippen MR) is 267 cm³/mol. The molecule has 0 aliphatic heterocycles. The first-order chi connectivity index (χ1) is 31.3. The second-order valence-electron chi connectivity index (χ2n) is 16.3. The first-order valence-electron chi connectivity index (χ1n) is 21.7. The molecular weight excluding hydrogens is 761 g/mol. The molecule has 0 aliphatic rings. The van der Waals surface area contributed by atoms with Gasteiger partial charge in [-0.15, -0.1) is 0 Å².